The molecule has 0 unspecified atom stereocenters. The Balaban J connectivity index is 1.61. The van der Waals surface area contributed by atoms with Gasteiger partial charge in [-0.2, -0.15) is 5.26 Å². The topological polar surface area (TPSA) is 94.3 Å². The second-order valence-corrected chi connectivity index (χ2v) is 7.83. The number of benzene rings is 3. The van der Waals surface area contributed by atoms with Crippen molar-refractivity contribution in [2.75, 3.05) is 0 Å². The molecule has 162 valence electrons. The Morgan fingerprint density at radius 1 is 0.879 bits per heavy atom. The molecule has 2 N–H and O–H groups in total. The van der Waals surface area contributed by atoms with Gasteiger partial charge in [-0.15, -0.1) is 0 Å². The summed E-state index contributed by atoms with van der Waals surface area (Å²) in [6.45, 7) is 4.23. The zero-order valence-electron chi connectivity index (χ0n) is 18.3. The number of hydrogen-bond acceptors (Lipinski definition) is 4. The van der Waals surface area contributed by atoms with Crippen LogP contribution in [0.4, 0.5) is 0 Å². The van der Waals surface area contributed by atoms with Crippen molar-refractivity contribution in [3.05, 3.63) is 112 Å². The Labute approximate surface area is 192 Å². The van der Waals surface area contributed by atoms with Crippen molar-refractivity contribution in [1.82, 2.24) is 10.6 Å². The number of nitrogens with one attached hydrogen (secondary N) is 2. The summed E-state index contributed by atoms with van der Waals surface area (Å²) in [6, 6.07) is 24.2. The van der Waals surface area contributed by atoms with Crippen molar-refractivity contribution in [2.45, 2.75) is 20.4 Å². The van der Waals surface area contributed by atoms with Crippen molar-refractivity contribution >= 4 is 23.3 Å². The van der Waals surface area contributed by atoms with E-state index < -0.39 is 5.91 Å². The molecule has 1 aliphatic rings. The highest BCUT2D eigenvalue weighted by Gasteiger charge is 2.27. The van der Waals surface area contributed by atoms with Gasteiger partial charge < -0.3 is 10.6 Å². The van der Waals surface area contributed by atoms with Crippen LogP contribution in [0.15, 0.2) is 83.4 Å². The lowest BCUT2D eigenvalue weighted by molar-refractivity contribution is -0.117. The number of fused-ring (bicyclic) bond motifs is 1. The van der Waals surface area contributed by atoms with Crippen LogP contribution >= 0.6 is 0 Å². The quantitative estimate of drug-likeness (QED) is 0.479. The fraction of sp³-hybridized carbons (Fsp3) is 0.111. The summed E-state index contributed by atoms with van der Waals surface area (Å²) in [4.78, 5) is 30.1. The molecule has 33 heavy (non-hydrogen) atoms. The first-order valence-electron chi connectivity index (χ1n) is 10.5. The molecule has 1 heterocycles. The molecule has 0 fully saturated rings. The lowest BCUT2D eigenvalue weighted by atomic mass is 10.0. The zero-order valence-corrected chi connectivity index (χ0v) is 18.3. The minimum atomic E-state index is -0.516. The number of carbonyl (C=O) groups is 2. The maximum absolute atomic E-state index is 12.8. The Morgan fingerprint density at radius 3 is 2.12 bits per heavy atom. The van der Waals surface area contributed by atoms with Gasteiger partial charge in [0, 0.05) is 23.2 Å². The summed E-state index contributed by atoms with van der Waals surface area (Å²) in [5, 5.41) is 15.4. The lowest BCUT2D eigenvalue weighted by Crippen LogP contribution is -2.30. The van der Waals surface area contributed by atoms with Gasteiger partial charge in [-0.25, -0.2) is 4.99 Å². The van der Waals surface area contributed by atoms with E-state index in [9.17, 15) is 14.9 Å². The molecular formula is C27H22N4O2. The fourth-order valence-electron chi connectivity index (χ4n) is 3.49. The predicted octanol–water partition coefficient (Wildman–Crippen LogP) is 4.04. The van der Waals surface area contributed by atoms with Crippen molar-refractivity contribution in [3.8, 4) is 6.07 Å². The summed E-state index contributed by atoms with van der Waals surface area (Å²) < 4.78 is 0. The van der Waals surface area contributed by atoms with Crippen molar-refractivity contribution < 1.29 is 9.59 Å². The summed E-state index contributed by atoms with van der Waals surface area (Å²) in [6.07, 6.45) is 0. The first-order chi connectivity index (χ1) is 16.0. The van der Waals surface area contributed by atoms with E-state index in [4.69, 9.17) is 0 Å². The molecule has 1 aliphatic heterocycles. The molecule has 0 radical (unpaired) electrons. The van der Waals surface area contributed by atoms with Crippen molar-refractivity contribution in [3.63, 3.8) is 0 Å². The van der Waals surface area contributed by atoms with Crippen LogP contribution in [-0.4, -0.2) is 17.6 Å². The van der Waals surface area contributed by atoms with Crippen LogP contribution in [0.5, 0.6) is 0 Å². The Bertz CT molecular complexity index is 1330. The van der Waals surface area contributed by atoms with Crippen LogP contribution in [-0.2, 0) is 11.3 Å². The minimum absolute atomic E-state index is 0.103. The average molecular weight is 434 g/mol. The molecule has 2 amide bonds. The van der Waals surface area contributed by atoms with Crippen molar-refractivity contribution in [1.29, 1.82) is 5.26 Å². The predicted molar refractivity (Wildman–Crippen MR) is 127 cm³/mol. The molecule has 0 saturated carbocycles. The third kappa shape index (κ3) is 4.73. The third-order valence-corrected chi connectivity index (χ3v) is 5.36. The van der Waals surface area contributed by atoms with E-state index in [1.54, 1.807) is 30.3 Å². The second-order valence-electron chi connectivity index (χ2n) is 7.83. The third-order valence-electron chi connectivity index (χ3n) is 5.36. The summed E-state index contributed by atoms with van der Waals surface area (Å²) in [7, 11) is 0. The first-order valence-corrected chi connectivity index (χ1v) is 10.5. The molecule has 6 heteroatoms. The largest absolute Gasteiger partial charge is 0.347 e. The number of carbonyl (C=O) groups excluding carboxylic acids is 2. The van der Waals surface area contributed by atoms with Gasteiger partial charge in [-0.05, 0) is 31.5 Å². The van der Waals surface area contributed by atoms with E-state index in [2.05, 4.69) is 15.6 Å². The number of nitriles is 1. The molecule has 3 aromatic carbocycles. The van der Waals surface area contributed by atoms with E-state index in [1.165, 1.54) is 0 Å². The first kappa shape index (κ1) is 21.7. The normalized spacial score (nSPS) is 13.4. The molecule has 0 aliphatic carbocycles. The van der Waals surface area contributed by atoms with Gasteiger partial charge in [0.1, 0.15) is 17.5 Å². The van der Waals surface area contributed by atoms with E-state index in [1.807, 2.05) is 62.4 Å². The van der Waals surface area contributed by atoms with Gasteiger partial charge in [0.15, 0.2) is 0 Å². The van der Waals surface area contributed by atoms with E-state index in [0.717, 1.165) is 16.7 Å². The highest BCUT2D eigenvalue weighted by Crippen LogP contribution is 2.30. The second kappa shape index (κ2) is 9.33. The Kier molecular flexibility index (Phi) is 6.14. The van der Waals surface area contributed by atoms with Gasteiger partial charge in [0.25, 0.3) is 11.8 Å². The average Bonchev–Trinajstić information content (AvgIpc) is 3.18. The van der Waals surface area contributed by atoms with Crippen LogP contribution in [0.1, 0.15) is 38.2 Å². The fourth-order valence-corrected chi connectivity index (χ4v) is 3.49. The standard InChI is InChI=1S/C27H22N4O2/c1-17-7-11-19(12-8-17)16-29-27(33)23(15-28)24-21-5-3-4-6-22(21)25(30-24)31-26(32)20-13-9-18(2)10-14-20/h3-14H,16H2,1-2H3,(H,29,33)(H,30,31,32). The van der Waals surface area contributed by atoms with E-state index in [0.29, 0.717) is 29.1 Å². The SMILES string of the molecule is Cc1ccc(CNC(=O)C(C#N)=C2N=C(NC(=O)c3ccc(C)cc3)c3ccccc32)cc1. The van der Waals surface area contributed by atoms with Crippen LogP contribution < -0.4 is 10.6 Å². The molecule has 4 rings (SSSR count). The maximum atomic E-state index is 12.8. The zero-order chi connectivity index (χ0) is 23.4. The number of amides is 2. The van der Waals surface area contributed by atoms with Crippen LogP contribution in [0.3, 0.4) is 0 Å². The Hall–Kier alpha value is -4.50. The van der Waals surface area contributed by atoms with Gasteiger partial charge in [0.05, 0.1) is 5.70 Å². The van der Waals surface area contributed by atoms with E-state index in [-0.39, 0.29) is 17.2 Å². The molecule has 0 spiro atoms. The van der Waals surface area contributed by atoms with Gasteiger partial charge in [-0.1, -0.05) is 71.8 Å². The number of rotatable bonds is 4. The van der Waals surface area contributed by atoms with E-state index >= 15 is 0 Å². The molecule has 0 atom stereocenters. The van der Waals surface area contributed by atoms with Crippen LogP contribution in [0.25, 0.3) is 5.70 Å². The maximum Gasteiger partial charge on any atom is 0.264 e. The number of amidine groups is 1. The highest BCUT2D eigenvalue weighted by molar-refractivity contribution is 6.20. The molecule has 6 nitrogen and oxygen atoms in total. The number of aliphatic imine (C=N–C) groups is 1. The monoisotopic (exact) mass is 434 g/mol. The lowest BCUT2D eigenvalue weighted by Gasteiger charge is -2.07. The van der Waals surface area contributed by atoms with Crippen LogP contribution in [0.2, 0.25) is 0 Å². The van der Waals surface area contributed by atoms with Crippen molar-refractivity contribution in [2.24, 2.45) is 4.99 Å². The number of nitrogens with zero attached hydrogens (tertiary/aromatic N) is 2. The number of hydrogen-bond donors (Lipinski definition) is 2. The smallest absolute Gasteiger partial charge is 0.264 e. The Morgan fingerprint density at radius 2 is 1.48 bits per heavy atom. The summed E-state index contributed by atoms with van der Waals surface area (Å²) >= 11 is 0. The highest BCUT2D eigenvalue weighted by atomic mass is 16.2. The summed E-state index contributed by atoms with van der Waals surface area (Å²) in [5.74, 6) is -0.518. The van der Waals surface area contributed by atoms with Crippen LogP contribution in [0, 0.1) is 25.2 Å². The molecular weight excluding hydrogens is 412 g/mol. The molecule has 3 aromatic rings. The minimum Gasteiger partial charge on any atom is -0.347 e. The number of aryl methyl sites for hydroxylation is 2. The van der Waals surface area contributed by atoms with Gasteiger partial charge in [-0.3, -0.25) is 9.59 Å². The van der Waals surface area contributed by atoms with Gasteiger partial charge in [0.2, 0.25) is 0 Å². The van der Waals surface area contributed by atoms with Gasteiger partial charge >= 0.3 is 0 Å². The summed E-state index contributed by atoms with van der Waals surface area (Å²) in [5.41, 5.74) is 5.03. The molecule has 0 aromatic heterocycles. The molecule has 0 saturated heterocycles. The molecule has 0 bridgehead atoms.